The number of ether oxygens (including phenoxy) is 1. The number of hydrogen-bond donors (Lipinski definition) is 2. The summed E-state index contributed by atoms with van der Waals surface area (Å²) in [6.45, 7) is 3.97. The number of benzene rings is 2. The van der Waals surface area contributed by atoms with Gasteiger partial charge in [-0.3, -0.25) is 0 Å². The molecule has 1 saturated heterocycles. The van der Waals surface area contributed by atoms with Gasteiger partial charge < -0.3 is 20.1 Å². The number of pyridine rings is 1. The van der Waals surface area contributed by atoms with Crippen LogP contribution in [0.15, 0.2) is 54.6 Å². The van der Waals surface area contributed by atoms with Crippen LogP contribution in [0.3, 0.4) is 0 Å². The molecule has 1 fully saturated rings. The van der Waals surface area contributed by atoms with Crippen LogP contribution in [-0.2, 0) is 17.9 Å². The van der Waals surface area contributed by atoms with Crippen LogP contribution in [0, 0.1) is 0 Å². The second kappa shape index (κ2) is 7.72. The standard InChI is InChI=1S/C21H23N3O2/c25-15-18-13-16-5-1-3-7-19(16)23-21(18)22-14-17-6-2-4-8-20(17)24-9-11-26-12-10-24/h1-8,13,25H,9-12,14-15H2,(H,22,23). The van der Waals surface area contributed by atoms with Gasteiger partial charge in [-0.25, -0.2) is 4.98 Å². The second-order valence-corrected chi connectivity index (χ2v) is 6.43. The van der Waals surface area contributed by atoms with Crippen LogP contribution in [0.4, 0.5) is 11.5 Å². The molecule has 26 heavy (non-hydrogen) atoms. The zero-order valence-corrected chi connectivity index (χ0v) is 14.7. The number of hydrogen-bond acceptors (Lipinski definition) is 5. The van der Waals surface area contributed by atoms with Gasteiger partial charge in [-0.15, -0.1) is 0 Å². The number of rotatable bonds is 5. The van der Waals surface area contributed by atoms with Gasteiger partial charge in [0.1, 0.15) is 5.82 Å². The number of aliphatic hydroxyl groups is 1. The highest BCUT2D eigenvalue weighted by atomic mass is 16.5. The SMILES string of the molecule is OCc1cc2ccccc2nc1NCc1ccccc1N1CCOCC1. The van der Waals surface area contributed by atoms with Crippen molar-refractivity contribution in [3.63, 3.8) is 0 Å². The first-order chi connectivity index (χ1) is 12.8. The van der Waals surface area contributed by atoms with Crippen molar-refractivity contribution < 1.29 is 9.84 Å². The first-order valence-electron chi connectivity index (χ1n) is 8.99. The predicted octanol–water partition coefficient (Wildman–Crippen LogP) is 3.18. The number of anilines is 2. The van der Waals surface area contributed by atoms with Crippen molar-refractivity contribution >= 4 is 22.4 Å². The molecule has 0 unspecified atom stereocenters. The summed E-state index contributed by atoms with van der Waals surface area (Å²) in [5.74, 6) is 0.739. The van der Waals surface area contributed by atoms with E-state index in [1.54, 1.807) is 0 Å². The minimum atomic E-state index is -0.0364. The van der Waals surface area contributed by atoms with Gasteiger partial charge in [-0.05, 0) is 23.8 Å². The molecule has 0 amide bonds. The van der Waals surface area contributed by atoms with Crippen LogP contribution in [0.25, 0.3) is 10.9 Å². The van der Waals surface area contributed by atoms with E-state index >= 15 is 0 Å². The van der Waals surface area contributed by atoms with Gasteiger partial charge in [0.25, 0.3) is 0 Å². The third-order valence-corrected chi connectivity index (χ3v) is 4.76. The summed E-state index contributed by atoms with van der Waals surface area (Å²) in [5.41, 5.74) is 4.18. The maximum atomic E-state index is 9.73. The first kappa shape index (κ1) is 16.8. The number of nitrogens with one attached hydrogen (secondary N) is 1. The molecular formula is C21H23N3O2. The summed E-state index contributed by atoms with van der Waals surface area (Å²) in [5, 5.41) is 14.2. The largest absolute Gasteiger partial charge is 0.392 e. The number of aromatic nitrogens is 1. The summed E-state index contributed by atoms with van der Waals surface area (Å²) in [6.07, 6.45) is 0. The van der Waals surface area contributed by atoms with Gasteiger partial charge in [0.05, 0.1) is 25.3 Å². The molecule has 1 aromatic heterocycles. The Bertz CT molecular complexity index is 891. The van der Waals surface area contributed by atoms with Crippen LogP contribution in [0.2, 0.25) is 0 Å². The van der Waals surface area contributed by atoms with E-state index in [1.807, 2.05) is 30.3 Å². The van der Waals surface area contributed by atoms with Crippen LogP contribution < -0.4 is 10.2 Å². The summed E-state index contributed by atoms with van der Waals surface area (Å²) in [7, 11) is 0. The lowest BCUT2D eigenvalue weighted by Gasteiger charge is -2.30. The van der Waals surface area contributed by atoms with E-state index in [-0.39, 0.29) is 6.61 Å². The zero-order valence-electron chi connectivity index (χ0n) is 14.7. The van der Waals surface area contributed by atoms with Crippen molar-refractivity contribution in [1.29, 1.82) is 0 Å². The lowest BCUT2D eigenvalue weighted by atomic mass is 10.1. The van der Waals surface area contributed by atoms with Gasteiger partial charge in [0.15, 0.2) is 0 Å². The molecule has 0 saturated carbocycles. The van der Waals surface area contributed by atoms with E-state index in [0.29, 0.717) is 6.54 Å². The van der Waals surface area contributed by atoms with Crippen LogP contribution in [0.1, 0.15) is 11.1 Å². The van der Waals surface area contributed by atoms with Gasteiger partial charge >= 0.3 is 0 Å². The number of morpholine rings is 1. The molecule has 2 N–H and O–H groups in total. The molecule has 5 heteroatoms. The van der Waals surface area contributed by atoms with Crippen molar-refractivity contribution in [3.05, 3.63) is 65.7 Å². The van der Waals surface area contributed by atoms with Crippen molar-refractivity contribution in [2.75, 3.05) is 36.5 Å². The molecule has 0 bridgehead atoms. The monoisotopic (exact) mass is 349 g/mol. The fourth-order valence-electron chi connectivity index (χ4n) is 3.39. The zero-order chi connectivity index (χ0) is 17.8. The number of para-hydroxylation sites is 2. The van der Waals surface area contributed by atoms with Gasteiger partial charge in [-0.2, -0.15) is 0 Å². The first-order valence-corrected chi connectivity index (χ1v) is 8.99. The molecule has 3 aromatic rings. The summed E-state index contributed by atoms with van der Waals surface area (Å²) in [6, 6.07) is 18.4. The fourth-order valence-corrected chi connectivity index (χ4v) is 3.39. The highest BCUT2D eigenvalue weighted by Crippen LogP contribution is 2.25. The Labute approximate surface area is 153 Å². The third kappa shape index (κ3) is 3.49. The number of nitrogens with zero attached hydrogens (tertiary/aromatic N) is 2. The molecule has 2 heterocycles. The van der Waals surface area contributed by atoms with E-state index in [9.17, 15) is 5.11 Å². The predicted molar refractivity (Wildman–Crippen MR) is 104 cm³/mol. The molecule has 0 radical (unpaired) electrons. The van der Waals surface area contributed by atoms with Gasteiger partial charge in [0.2, 0.25) is 0 Å². The fraction of sp³-hybridized carbons (Fsp3) is 0.286. The molecule has 0 aliphatic carbocycles. The topological polar surface area (TPSA) is 57.6 Å². The Morgan fingerprint density at radius 1 is 1.00 bits per heavy atom. The minimum Gasteiger partial charge on any atom is -0.392 e. The Hall–Kier alpha value is -2.63. The number of fused-ring (bicyclic) bond motifs is 1. The normalized spacial score (nSPS) is 14.6. The van der Waals surface area contributed by atoms with Crippen LogP contribution in [0.5, 0.6) is 0 Å². The molecule has 1 aliphatic heterocycles. The van der Waals surface area contributed by atoms with Crippen LogP contribution in [-0.4, -0.2) is 36.4 Å². The average molecular weight is 349 g/mol. The summed E-state index contributed by atoms with van der Waals surface area (Å²) in [4.78, 5) is 7.06. The van der Waals surface area contributed by atoms with E-state index in [4.69, 9.17) is 9.72 Å². The van der Waals surface area contributed by atoms with Crippen molar-refractivity contribution in [3.8, 4) is 0 Å². The minimum absolute atomic E-state index is 0.0364. The van der Waals surface area contributed by atoms with E-state index < -0.39 is 0 Å². The van der Waals surface area contributed by atoms with Crippen molar-refractivity contribution in [2.45, 2.75) is 13.2 Å². The molecule has 4 rings (SSSR count). The van der Waals surface area contributed by atoms with Gasteiger partial charge in [-0.1, -0.05) is 36.4 Å². The highest BCUT2D eigenvalue weighted by molar-refractivity contribution is 5.81. The Balaban J connectivity index is 1.58. The lowest BCUT2D eigenvalue weighted by molar-refractivity contribution is 0.122. The smallest absolute Gasteiger partial charge is 0.132 e. The maximum Gasteiger partial charge on any atom is 0.132 e. The Morgan fingerprint density at radius 3 is 2.62 bits per heavy atom. The lowest BCUT2D eigenvalue weighted by Crippen LogP contribution is -2.36. The number of aliphatic hydroxyl groups excluding tert-OH is 1. The maximum absolute atomic E-state index is 9.73. The molecule has 5 nitrogen and oxygen atoms in total. The van der Waals surface area contributed by atoms with E-state index in [1.165, 1.54) is 11.3 Å². The second-order valence-electron chi connectivity index (χ2n) is 6.43. The van der Waals surface area contributed by atoms with E-state index in [0.717, 1.165) is 48.6 Å². The van der Waals surface area contributed by atoms with Crippen LogP contribution >= 0.6 is 0 Å². The molecular weight excluding hydrogens is 326 g/mol. The quantitative estimate of drug-likeness (QED) is 0.741. The molecule has 0 spiro atoms. The third-order valence-electron chi connectivity index (χ3n) is 4.76. The summed E-state index contributed by atoms with van der Waals surface area (Å²) >= 11 is 0. The molecule has 1 aliphatic rings. The molecule has 0 atom stereocenters. The summed E-state index contributed by atoms with van der Waals surface area (Å²) < 4.78 is 5.47. The molecule has 2 aromatic carbocycles. The highest BCUT2D eigenvalue weighted by Gasteiger charge is 2.15. The Morgan fingerprint density at radius 2 is 1.77 bits per heavy atom. The van der Waals surface area contributed by atoms with Crippen molar-refractivity contribution in [1.82, 2.24) is 4.98 Å². The van der Waals surface area contributed by atoms with Gasteiger partial charge in [0, 0.05) is 36.3 Å². The van der Waals surface area contributed by atoms with E-state index in [2.05, 4.69) is 34.5 Å². The molecule has 134 valence electrons. The average Bonchev–Trinajstić information content (AvgIpc) is 2.72. The van der Waals surface area contributed by atoms with Crippen molar-refractivity contribution in [2.24, 2.45) is 0 Å². The Kier molecular flexibility index (Phi) is 5.00.